The summed E-state index contributed by atoms with van der Waals surface area (Å²) in [6, 6.07) is 9.71. The molecule has 2 heterocycles. The number of ether oxygens (including phenoxy) is 1. The first-order valence-electron chi connectivity index (χ1n) is 9.23. The van der Waals surface area contributed by atoms with Gasteiger partial charge in [-0.2, -0.15) is 5.10 Å². The molecule has 1 aliphatic heterocycles. The SMILES string of the molecule is CCCn1ncc(CN2CCC(O)(COc3ccccc3)CC2)c1C. The number of hydrogen-bond acceptors (Lipinski definition) is 4. The van der Waals surface area contributed by atoms with E-state index in [1.54, 1.807) is 0 Å². The topological polar surface area (TPSA) is 50.5 Å². The van der Waals surface area contributed by atoms with Gasteiger partial charge >= 0.3 is 0 Å². The van der Waals surface area contributed by atoms with Gasteiger partial charge in [-0.25, -0.2) is 0 Å². The van der Waals surface area contributed by atoms with E-state index in [0.717, 1.165) is 51.2 Å². The van der Waals surface area contributed by atoms with E-state index in [2.05, 4.69) is 28.5 Å². The lowest BCUT2D eigenvalue weighted by atomic mass is 9.92. The first-order valence-corrected chi connectivity index (χ1v) is 9.23. The number of nitrogens with zero attached hydrogens (tertiary/aromatic N) is 3. The second kappa shape index (κ2) is 8.02. The van der Waals surface area contributed by atoms with Gasteiger partial charge < -0.3 is 9.84 Å². The average Bonchev–Trinajstić information content (AvgIpc) is 2.97. The van der Waals surface area contributed by atoms with E-state index >= 15 is 0 Å². The third kappa shape index (κ3) is 4.61. The Morgan fingerprint density at radius 3 is 2.60 bits per heavy atom. The molecule has 0 atom stereocenters. The Bertz CT molecular complexity index is 661. The number of aliphatic hydroxyl groups is 1. The minimum Gasteiger partial charge on any atom is -0.491 e. The Kier molecular flexibility index (Phi) is 5.76. The molecular weight excluding hydrogens is 314 g/mol. The van der Waals surface area contributed by atoms with Crippen molar-refractivity contribution in [3.8, 4) is 5.75 Å². The zero-order valence-corrected chi connectivity index (χ0v) is 15.3. The van der Waals surface area contributed by atoms with Crippen molar-refractivity contribution in [2.24, 2.45) is 0 Å². The summed E-state index contributed by atoms with van der Waals surface area (Å²) in [5, 5.41) is 15.3. The Morgan fingerprint density at radius 2 is 1.92 bits per heavy atom. The van der Waals surface area contributed by atoms with Crippen LogP contribution in [0.1, 0.15) is 37.4 Å². The Labute approximate surface area is 150 Å². The number of rotatable bonds is 7. The van der Waals surface area contributed by atoms with E-state index in [1.807, 2.05) is 36.5 Å². The fraction of sp³-hybridized carbons (Fsp3) is 0.550. The molecule has 0 bridgehead atoms. The maximum absolute atomic E-state index is 10.8. The van der Waals surface area contributed by atoms with Crippen LogP contribution < -0.4 is 4.74 Å². The minimum atomic E-state index is -0.728. The van der Waals surface area contributed by atoms with Crippen molar-refractivity contribution >= 4 is 0 Å². The molecule has 1 saturated heterocycles. The van der Waals surface area contributed by atoms with Crippen LogP contribution in [-0.2, 0) is 13.1 Å². The van der Waals surface area contributed by atoms with Gasteiger partial charge in [-0.3, -0.25) is 9.58 Å². The second-order valence-electron chi connectivity index (χ2n) is 7.08. The van der Waals surface area contributed by atoms with Gasteiger partial charge in [0.15, 0.2) is 0 Å². The number of piperidine rings is 1. The lowest BCUT2D eigenvalue weighted by molar-refractivity contribution is -0.0537. The number of para-hydroxylation sites is 1. The highest BCUT2D eigenvalue weighted by atomic mass is 16.5. The summed E-state index contributed by atoms with van der Waals surface area (Å²) in [7, 11) is 0. The second-order valence-corrected chi connectivity index (χ2v) is 7.08. The summed E-state index contributed by atoms with van der Waals surface area (Å²) in [5.41, 5.74) is 1.82. The standard InChI is InChI=1S/C20H29N3O2/c1-3-11-23-17(2)18(14-21-23)15-22-12-9-20(24,10-13-22)16-25-19-7-5-4-6-8-19/h4-8,14,24H,3,9-13,15-16H2,1-2H3. The van der Waals surface area contributed by atoms with Crippen LogP contribution in [0, 0.1) is 6.92 Å². The first-order chi connectivity index (χ1) is 12.1. The lowest BCUT2D eigenvalue weighted by Crippen LogP contribution is -2.47. The van der Waals surface area contributed by atoms with E-state index in [-0.39, 0.29) is 0 Å². The molecule has 0 amide bonds. The Morgan fingerprint density at radius 1 is 1.20 bits per heavy atom. The normalized spacial score (nSPS) is 17.6. The number of aryl methyl sites for hydroxylation is 1. The third-order valence-corrected chi connectivity index (χ3v) is 5.07. The monoisotopic (exact) mass is 343 g/mol. The lowest BCUT2D eigenvalue weighted by Gasteiger charge is -2.37. The molecule has 0 unspecified atom stereocenters. The molecule has 1 aromatic carbocycles. The third-order valence-electron chi connectivity index (χ3n) is 5.07. The molecule has 3 rings (SSSR count). The molecule has 136 valence electrons. The smallest absolute Gasteiger partial charge is 0.119 e. The van der Waals surface area contributed by atoms with E-state index < -0.39 is 5.60 Å². The number of hydrogen-bond donors (Lipinski definition) is 1. The van der Waals surface area contributed by atoms with Crippen molar-refractivity contribution in [3.63, 3.8) is 0 Å². The van der Waals surface area contributed by atoms with Crippen LogP contribution in [-0.4, -0.2) is 45.1 Å². The van der Waals surface area contributed by atoms with E-state index in [4.69, 9.17) is 4.74 Å². The predicted molar refractivity (Wildman–Crippen MR) is 98.7 cm³/mol. The van der Waals surface area contributed by atoms with Gasteiger partial charge in [0.05, 0.1) is 6.20 Å². The summed E-state index contributed by atoms with van der Waals surface area (Å²) in [5.74, 6) is 0.817. The van der Waals surface area contributed by atoms with Crippen molar-refractivity contribution in [3.05, 3.63) is 47.8 Å². The largest absolute Gasteiger partial charge is 0.491 e. The van der Waals surface area contributed by atoms with Crippen molar-refractivity contribution in [2.45, 2.75) is 51.8 Å². The molecule has 1 fully saturated rings. The van der Waals surface area contributed by atoms with Crippen LogP contribution in [0.4, 0.5) is 0 Å². The quantitative estimate of drug-likeness (QED) is 0.840. The van der Waals surface area contributed by atoms with E-state index in [9.17, 15) is 5.11 Å². The van der Waals surface area contributed by atoms with E-state index in [0.29, 0.717) is 6.61 Å². The maximum Gasteiger partial charge on any atom is 0.119 e. The summed E-state index contributed by atoms with van der Waals surface area (Å²) in [6.45, 7) is 8.32. The van der Waals surface area contributed by atoms with E-state index in [1.165, 1.54) is 11.3 Å². The molecule has 0 spiro atoms. The fourth-order valence-electron chi connectivity index (χ4n) is 3.32. The van der Waals surface area contributed by atoms with Crippen LogP contribution >= 0.6 is 0 Å². The first kappa shape index (κ1) is 18.0. The highest BCUT2D eigenvalue weighted by molar-refractivity contribution is 5.21. The van der Waals surface area contributed by atoms with Crippen LogP contribution in [0.5, 0.6) is 5.75 Å². The highest BCUT2D eigenvalue weighted by Crippen LogP contribution is 2.25. The summed E-state index contributed by atoms with van der Waals surface area (Å²) >= 11 is 0. The summed E-state index contributed by atoms with van der Waals surface area (Å²) in [4.78, 5) is 2.40. The molecule has 25 heavy (non-hydrogen) atoms. The highest BCUT2D eigenvalue weighted by Gasteiger charge is 2.33. The van der Waals surface area contributed by atoms with Gasteiger partial charge in [-0.15, -0.1) is 0 Å². The molecule has 5 nitrogen and oxygen atoms in total. The molecule has 1 aliphatic rings. The van der Waals surface area contributed by atoms with Crippen LogP contribution in [0.15, 0.2) is 36.5 Å². The molecule has 2 aromatic rings. The number of likely N-dealkylation sites (tertiary alicyclic amines) is 1. The number of aromatic nitrogens is 2. The van der Waals surface area contributed by atoms with Gasteiger partial charge in [0.1, 0.15) is 18.0 Å². The minimum absolute atomic E-state index is 0.359. The zero-order valence-electron chi connectivity index (χ0n) is 15.3. The predicted octanol–water partition coefficient (Wildman–Crippen LogP) is 3.01. The van der Waals surface area contributed by atoms with Gasteiger partial charge in [-0.05, 0) is 38.3 Å². The Balaban J connectivity index is 1.49. The van der Waals surface area contributed by atoms with Gasteiger partial charge in [0.2, 0.25) is 0 Å². The zero-order chi connectivity index (χ0) is 17.7. The van der Waals surface area contributed by atoms with Crippen LogP contribution in [0.3, 0.4) is 0 Å². The fourth-order valence-corrected chi connectivity index (χ4v) is 3.32. The average molecular weight is 343 g/mol. The summed E-state index contributed by atoms with van der Waals surface area (Å²) < 4.78 is 7.86. The van der Waals surface area contributed by atoms with Crippen LogP contribution in [0.25, 0.3) is 0 Å². The van der Waals surface area contributed by atoms with Crippen LogP contribution in [0.2, 0.25) is 0 Å². The van der Waals surface area contributed by atoms with Crippen molar-refractivity contribution in [1.82, 2.24) is 14.7 Å². The molecule has 0 radical (unpaired) electrons. The van der Waals surface area contributed by atoms with Gasteiger partial charge in [0, 0.05) is 37.4 Å². The van der Waals surface area contributed by atoms with Crippen molar-refractivity contribution in [1.29, 1.82) is 0 Å². The van der Waals surface area contributed by atoms with Gasteiger partial charge in [-0.1, -0.05) is 25.1 Å². The Hall–Kier alpha value is -1.85. The van der Waals surface area contributed by atoms with Gasteiger partial charge in [0.25, 0.3) is 0 Å². The molecular formula is C20H29N3O2. The molecule has 5 heteroatoms. The number of benzene rings is 1. The molecule has 1 N–H and O–H groups in total. The molecule has 0 saturated carbocycles. The van der Waals surface area contributed by atoms with Crippen molar-refractivity contribution in [2.75, 3.05) is 19.7 Å². The maximum atomic E-state index is 10.8. The summed E-state index contributed by atoms with van der Waals surface area (Å²) in [6.07, 6.45) is 4.56. The molecule has 1 aromatic heterocycles. The molecule has 0 aliphatic carbocycles. The van der Waals surface area contributed by atoms with Crippen molar-refractivity contribution < 1.29 is 9.84 Å².